The summed E-state index contributed by atoms with van der Waals surface area (Å²) in [6, 6.07) is 10.3. The van der Waals surface area contributed by atoms with Crippen LogP contribution in [0.4, 0.5) is 18.9 Å². The Labute approximate surface area is 102 Å². The maximum Gasteiger partial charge on any atom is 0.387 e. The SMILES string of the molecule is Nc1ccc(-c2ccccc2F)cc1OC(F)F. The normalized spacial score (nSPS) is 10.7. The lowest BCUT2D eigenvalue weighted by Gasteiger charge is -2.10. The second-order valence-electron chi connectivity index (χ2n) is 3.61. The quantitative estimate of drug-likeness (QED) is 0.847. The van der Waals surface area contributed by atoms with Crippen molar-refractivity contribution in [3.8, 4) is 16.9 Å². The van der Waals surface area contributed by atoms with E-state index in [0.717, 1.165) is 0 Å². The minimum absolute atomic E-state index is 0.0791. The molecule has 0 spiro atoms. The molecule has 0 radical (unpaired) electrons. The fraction of sp³-hybridized carbons (Fsp3) is 0.0769. The Morgan fingerprint density at radius 1 is 1.06 bits per heavy atom. The first-order valence-corrected chi connectivity index (χ1v) is 5.17. The van der Waals surface area contributed by atoms with Crippen LogP contribution in [0.2, 0.25) is 0 Å². The molecule has 2 aromatic carbocycles. The molecule has 0 bridgehead atoms. The molecule has 94 valence electrons. The molecule has 0 saturated heterocycles. The number of ether oxygens (including phenoxy) is 1. The largest absolute Gasteiger partial charge is 0.433 e. The lowest BCUT2D eigenvalue weighted by atomic mass is 10.0. The maximum absolute atomic E-state index is 13.5. The predicted octanol–water partition coefficient (Wildman–Crippen LogP) is 3.68. The Bertz CT molecular complexity index is 558. The van der Waals surface area contributed by atoms with Gasteiger partial charge in [-0.25, -0.2) is 4.39 Å². The van der Waals surface area contributed by atoms with E-state index in [1.54, 1.807) is 24.3 Å². The average Bonchev–Trinajstić information content (AvgIpc) is 2.32. The second kappa shape index (κ2) is 5.00. The first-order valence-electron chi connectivity index (χ1n) is 5.17. The molecule has 0 atom stereocenters. The third-order valence-electron chi connectivity index (χ3n) is 2.41. The van der Waals surface area contributed by atoms with Gasteiger partial charge in [-0.1, -0.05) is 24.3 Å². The zero-order chi connectivity index (χ0) is 13.1. The van der Waals surface area contributed by atoms with Gasteiger partial charge in [0.15, 0.2) is 0 Å². The first-order chi connectivity index (χ1) is 8.58. The van der Waals surface area contributed by atoms with Gasteiger partial charge < -0.3 is 10.5 Å². The summed E-state index contributed by atoms with van der Waals surface area (Å²) < 4.78 is 42.1. The summed E-state index contributed by atoms with van der Waals surface area (Å²) in [5.74, 6) is -0.601. The summed E-state index contributed by atoms with van der Waals surface area (Å²) in [6.07, 6.45) is 0. The fourth-order valence-corrected chi connectivity index (χ4v) is 1.60. The molecule has 0 unspecified atom stereocenters. The minimum atomic E-state index is -2.97. The van der Waals surface area contributed by atoms with Crippen molar-refractivity contribution < 1.29 is 17.9 Å². The molecule has 0 aliphatic rings. The third-order valence-corrected chi connectivity index (χ3v) is 2.41. The van der Waals surface area contributed by atoms with Crippen molar-refractivity contribution in [3.63, 3.8) is 0 Å². The number of halogens is 3. The van der Waals surface area contributed by atoms with Crippen LogP contribution in [0.3, 0.4) is 0 Å². The van der Waals surface area contributed by atoms with E-state index < -0.39 is 12.4 Å². The smallest absolute Gasteiger partial charge is 0.387 e. The van der Waals surface area contributed by atoms with E-state index in [-0.39, 0.29) is 11.4 Å². The molecule has 2 nitrogen and oxygen atoms in total. The lowest BCUT2D eigenvalue weighted by Crippen LogP contribution is -2.04. The summed E-state index contributed by atoms with van der Waals surface area (Å²) in [5.41, 5.74) is 6.31. The Hall–Kier alpha value is -2.17. The highest BCUT2D eigenvalue weighted by Crippen LogP contribution is 2.31. The molecule has 0 heterocycles. The van der Waals surface area contributed by atoms with E-state index in [1.165, 1.54) is 18.2 Å². The number of benzene rings is 2. The lowest BCUT2D eigenvalue weighted by molar-refractivity contribution is -0.0492. The molecule has 2 rings (SSSR count). The second-order valence-corrected chi connectivity index (χ2v) is 3.61. The highest BCUT2D eigenvalue weighted by Gasteiger charge is 2.11. The highest BCUT2D eigenvalue weighted by atomic mass is 19.3. The standard InChI is InChI=1S/C13H10F3NO/c14-10-4-2-1-3-9(10)8-5-6-11(17)12(7-8)18-13(15)16/h1-7,13H,17H2. The van der Waals surface area contributed by atoms with Gasteiger partial charge in [0, 0.05) is 5.56 Å². The number of nitrogens with two attached hydrogens (primary N) is 1. The molecular weight excluding hydrogens is 243 g/mol. The Kier molecular flexibility index (Phi) is 3.41. The van der Waals surface area contributed by atoms with Crippen LogP contribution in [0.25, 0.3) is 11.1 Å². The van der Waals surface area contributed by atoms with Gasteiger partial charge in [-0.05, 0) is 23.8 Å². The van der Waals surface area contributed by atoms with E-state index in [0.29, 0.717) is 11.1 Å². The molecule has 2 N–H and O–H groups in total. The van der Waals surface area contributed by atoms with Crippen molar-refractivity contribution in [1.82, 2.24) is 0 Å². The molecule has 2 aromatic rings. The van der Waals surface area contributed by atoms with Crippen molar-refractivity contribution in [2.24, 2.45) is 0 Å². The van der Waals surface area contributed by atoms with Crippen molar-refractivity contribution in [1.29, 1.82) is 0 Å². The number of hydrogen-bond acceptors (Lipinski definition) is 2. The van der Waals surface area contributed by atoms with Gasteiger partial charge in [0.25, 0.3) is 0 Å². The summed E-state index contributed by atoms with van der Waals surface area (Å²) in [5, 5.41) is 0. The molecular formula is C13H10F3NO. The van der Waals surface area contributed by atoms with Gasteiger partial charge in [0.2, 0.25) is 0 Å². The van der Waals surface area contributed by atoms with E-state index in [1.807, 2.05) is 0 Å². The van der Waals surface area contributed by atoms with E-state index in [9.17, 15) is 13.2 Å². The van der Waals surface area contributed by atoms with Crippen LogP contribution in [0.5, 0.6) is 5.75 Å². The molecule has 0 aromatic heterocycles. The van der Waals surface area contributed by atoms with Crippen LogP contribution in [0.1, 0.15) is 0 Å². The van der Waals surface area contributed by atoms with E-state index in [4.69, 9.17) is 5.73 Å². The zero-order valence-electron chi connectivity index (χ0n) is 9.24. The molecule has 0 aliphatic heterocycles. The minimum Gasteiger partial charge on any atom is -0.433 e. The van der Waals surface area contributed by atoms with Gasteiger partial charge in [0.1, 0.15) is 11.6 Å². The Balaban J connectivity index is 2.44. The van der Waals surface area contributed by atoms with Crippen LogP contribution < -0.4 is 10.5 Å². The number of nitrogen functional groups attached to an aromatic ring is 1. The molecule has 5 heteroatoms. The average molecular weight is 253 g/mol. The Morgan fingerprint density at radius 2 is 1.78 bits per heavy atom. The monoisotopic (exact) mass is 253 g/mol. The zero-order valence-corrected chi connectivity index (χ0v) is 9.24. The fourth-order valence-electron chi connectivity index (χ4n) is 1.60. The van der Waals surface area contributed by atoms with E-state index >= 15 is 0 Å². The highest BCUT2D eigenvalue weighted by molar-refractivity contribution is 5.70. The molecule has 18 heavy (non-hydrogen) atoms. The van der Waals surface area contributed by atoms with E-state index in [2.05, 4.69) is 4.74 Å². The first kappa shape index (κ1) is 12.3. The molecule has 0 saturated carbocycles. The number of rotatable bonds is 3. The van der Waals surface area contributed by atoms with Crippen molar-refractivity contribution >= 4 is 5.69 Å². The predicted molar refractivity (Wildman–Crippen MR) is 62.9 cm³/mol. The summed E-state index contributed by atoms with van der Waals surface area (Å²) in [4.78, 5) is 0. The van der Waals surface area contributed by atoms with Crippen LogP contribution >= 0.6 is 0 Å². The van der Waals surface area contributed by atoms with Crippen molar-refractivity contribution in [3.05, 3.63) is 48.3 Å². The van der Waals surface area contributed by atoms with Crippen molar-refractivity contribution in [2.45, 2.75) is 6.61 Å². The number of anilines is 1. The van der Waals surface area contributed by atoms with Crippen LogP contribution in [0.15, 0.2) is 42.5 Å². The van der Waals surface area contributed by atoms with Crippen LogP contribution in [-0.2, 0) is 0 Å². The van der Waals surface area contributed by atoms with Crippen LogP contribution in [-0.4, -0.2) is 6.61 Å². The summed E-state index contributed by atoms with van der Waals surface area (Å²) >= 11 is 0. The number of alkyl halides is 2. The Morgan fingerprint density at radius 3 is 2.44 bits per heavy atom. The van der Waals surface area contributed by atoms with Gasteiger partial charge in [-0.15, -0.1) is 0 Å². The van der Waals surface area contributed by atoms with Crippen LogP contribution in [0, 0.1) is 5.82 Å². The van der Waals surface area contributed by atoms with Gasteiger partial charge in [-0.2, -0.15) is 8.78 Å². The molecule has 0 amide bonds. The molecule has 0 aliphatic carbocycles. The third kappa shape index (κ3) is 2.56. The van der Waals surface area contributed by atoms with Gasteiger partial charge >= 0.3 is 6.61 Å². The summed E-state index contributed by atoms with van der Waals surface area (Å²) in [7, 11) is 0. The number of hydrogen-bond donors (Lipinski definition) is 1. The summed E-state index contributed by atoms with van der Waals surface area (Å²) in [6.45, 7) is -2.97. The van der Waals surface area contributed by atoms with Gasteiger partial charge in [-0.3, -0.25) is 0 Å². The topological polar surface area (TPSA) is 35.2 Å². The maximum atomic E-state index is 13.5. The molecule has 0 fully saturated rings. The van der Waals surface area contributed by atoms with Gasteiger partial charge in [0.05, 0.1) is 5.69 Å². The van der Waals surface area contributed by atoms with Crippen molar-refractivity contribution in [2.75, 3.05) is 5.73 Å².